The number of anilines is 1. The van der Waals surface area contributed by atoms with Crippen molar-refractivity contribution in [3.05, 3.63) is 42.1 Å². The van der Waals surface area contributed by atoms with E-state index in [2.05, 4.69) is 15.6 Å². The molecule has 0 aliphatic carbocycles. The lowest BCUT2D eigenvalue weighted by molar-refractivity contribution is -0.137. The molecule has 1 aromatic heterocycles. The fourth-order valence-corrected chi connectivity index (χ4v) is 2.60. The number of carbonyl (C=O) groups excluding carboxylic acids is 2. The van der Waals surface area contributed by atoms with Crippen molar-refractivity contribution in [2.75, 3.05) is 19.0 Å². The van der Waals surface area contributed by atoms with Crippen LogP contribution >= 0.6 is 0 Å². The molecule has 1 unspecified atom stereocenters. The van der Waals surface area contributed by atoms with Crippen molar-refractivity contribution in [3.63, 3.8) is 0 Å². The molecule has 10 heteroatoms. The third kappa shape index (κ3) is 4.51. The van der Waals surface area contributed by atoms with Gasteiger partial charge in [0.2, 0.25) is 17.7 Å². The first-order chi connectivity index (χ1) is 13.3. The zero-order valence-electron chi connectivity index (χ0n) is 14.7. The minimum Gasteiger partial charge on any atom is -0.495 e. The predicted octanol–water partition coefficient (Wildman–Crippen LogP) is 2.98. The highest BCUT2D eigenvalue weighted by molar-refractivity contribution is 5.98. The molecule has 1 fully saturated rings. The average Bonchev–Trinajstić information content (AvgIpc) is 3.08. The maximum absolute atomic E-state index is 12.6. The molecule has 1 saturated heterocycles. The third-order valence-electron chi connectivity index (χ3n) is 4.06. The fourth-order valence-electron chi connectivity index (χ4n) is 2.60. The molecule has 2 heterocycles. The highest BCUT2D eigenvalue weighted by atomic mass is 19.4. The molecule has 2 amide bonds. The van der Waals surface area contributed by atoms with Crippen LogP contribution in [0.2, 0.25) is 0 Å². The second-order valence-corrected chi connectivity index (χ2v) is 6.04. The minimum absolute atomic E-state index is 0.0407. The van der Waals surface area contributed by atoms with Crippen LogP contribution in [0.15, 0.2) is 36.5 Å². The van der Waals surface area contributed by atoms with Crippen LogP contribution in [-0.2, 0) is 15.8 Å². The number of hydrogen-bond donors (Lipinski definition) is 2. The lowest BCUT2D eigenvalue weighted by Gasteiger charge is -2.14. The van der Waals surface area contributed by atoms with Crippen LogP contribution < -0.4 is 20.1 Å². The van der Waals surface area contributed by atoms with Gasteiger partial charge >= 0.3 is 6.18 Å². The summed E-state index contributed by atoms with van der Waals surface area (Å²) in [7, 11) is 1.42. The van der Waals surface area contributed by atoms with Gasteiger partial charge < -0.3 is 20.1 Å². The number of hydrogen-bond acceptors (Lipinski definition) is 5. The van der Waals surface area contributed by atoms with Gasteiger partial charge in [0.1, 0.15) is 11.5 Å². The highest BCUT2D eigenvalue weighted by Gasteiger charge is 2.31. The lowest BCUT2D eigenvalue weighted by atomic mass is 10.1. The summed E-state index contributed by atoms with van der Waals surface area (Å²) >= 11 is 0. The van der Waals surface area contributed by atoms with Crippen LogP contribution in [0, 0.1) is 5.92 Å². The Bertz CT molecular complexity index is 885. The molecule has 2 aromatic rings. The Morgan fingerprint density at radius 1 is 1.29 bits per heavy atom. The molecule has 7 nitrogen and oxygen atoms in total. The van der Waals surface area contributed by atoms with Crippen LogP contribution in [0.1, 0.15) is 12.0 Å². The Kier molecular flexibility index (Phi) is 5.39. The summed E-state index contributed by atoms with van der Waals surface area (Å²) in [6.45, 7) is 0.249. The smallest absolute Gasteiger partial charge is 0.417 e. The molecule has 28 heavy (non-hydrogen) atoms. The second kappa shape index (κ2) is 7.75. The zero-order valence-corrected chi connectivity index (χ0v) is 14.7. The van der Waals surface area contributed by atoms with E-state index in [0.717, 1.165) is 12.1 Å². The maximum Gasteiger partial charge on any atom is 0.417 e. The summed E-state index contributed by atoms with van der Waals surface area (Å²) in [6.07, 6.45) is -3.72. The number of pyridine rings is 1. The van der Waals surface area contributed by atoms with Gasteiger partial charge in [0.05, 0.1) is 24.3 Å². The van der Waals surface area contributed by atoms with E-state index in [1.165, 1.54) is 25.3 Å². The summed E-state index contributed by atoms with van der Waals surface area (Å²) in [5, 5.41) is 5.25. The third-order valence-corrected chi connectivity index (χ3v) is 4.06. The van der Waals surface area contributed by atoms with Gasteiger partial charge in [0.25, 0.3) is 0 Å². The van der Waals surface area contributed by atoms with Crippen molar-refractivity contribution in [1.82, 2.24) is 10.3 Å². The molecule has 2 N–H and O–H groups in total. The van der Waals surface area contributed by atoms with E-state index >= 15 is 0 Å². The molecule has 1 atom stereocenters. The average molecular weight is 395 g/mol. The lowest BCUT2D eigenvalue weighted by Crippen LogP contribution is -2.24. The topological polar surface area (TPSA) is 89.6 Å². The van der Waals surface area contributed by atoms with Crippen LogP contribution in [0.4, 0.5) is 18.9 Å². The number of ether oxygens (including phenoxy) is 2. The Hall–Kier alpha value is -3.30. The van der Waals surface area contributed by atoms with Crippen LogP contribution in [0.5, 0.6) is 17.4 Å². The summed E-state index contributed by atoms with van der Waals surface area (Å²) in [5.74, 6) is -0.499. The summed E-state index contributed by atoms with van der Waals surface area (Å²) in [4.78, 5) is 27.2. The van der Waals surface area contributed by atoms with E-state index in [1.807, 2.05) is 0 Å². The largest absolute Gasteiger partial charge is 0.495 e. The van der Waals surface area contributed by atoms with E-state index in [4.69, 9.17) is 9.47 Å². The zero-order chi connectivity index (χ0) is 20.3. The number of rotatable bonds is 5. The van der Waals surface area contributed by atoms with Crippen molar-refractivity contribution in [2.24, 2.45) is 5.92 Å². The summed E-state index contributed by atoms with van der Waals surface area (Å²) < 4.78 is 48.4. The summed E-state index contributed by atoms with van der Waals surface area (Å²) in [5.41, 5.74) is -0.585. The van der Waals surface area contributed by atoms with Crippen LogP contribution in [0.25, 0.3) is 0 Å². The number of aromatic nitrogens is 1. The van der Waals surface area contributed by atoms with Crippen molar-refractivity contribution < 1.29 is 32.2 Å². The van der Waals surface area contributed by atoms with Gasteiger partial charge in [-0.2, -0.15) is 13.2 Å². The van der Waals surface area contributed by atoms with Crippen LogP contribution in [0.3, 0.4) is 0 Å². The predicted molar refractivity (Wildman–Crippen MR) is 92.1 cm³/mol. The number of methoxy groups -OCH3 is 1. The molecule has 1 aliphatic rings. The van der Waals surface area contributed by atoms with E-state index in [-0.39, 0.29) is 36.4 Å². The monoisotopic (exact) mass is 395 g/mol. The van der Waals surface area contributed by atoms with Crippen molar-refractivity contribution in [2.45, 2.75) is 12.6 Å². The van der Waals surface area contributed by atoms with Crippen molar-refractivity contribution in [3.8, 4) is 17.4 Å². The molecule has 1 aromatic carbocycles. The summed E-state index contributed by atoms with van der Waals surface area (Å²) in [6, 6.07) is 6.47. The van der Waals surface area contributed by atoms with Gasteiger partial charge in [-0.1, -0.05) is 0 Å². The molecule has 1 aliphatic heterocycles. The molecule has 0 bridgehead atoms. The molecule has 148 valence electrons. The van der Waals surface area contributed by atoms with Crippen LogP contribution in [-0.4, -0.2) is 30.5 Å². The number of halogens is 3. The molecular formula is C18H16F3N3O4. The maximum atomic E-state index is 12.6. The Labute approximate surface area is 157 Å². The van der Waals surface area contributed by atoms with E-state index in [9.17, 15) is 22.8 Å². The van der Waals surface area contributed by atoms with Gasteiger partial charge in [-0.3, -0.25) is 9.59 Å². The number of nitrogens with zero attached hydrogens (tertiary/aromatic N) is 1. The molecule has 0 saturated carbocycles. The Morgan fingerprint density at radius 3 is 2.64 bits per heavy atom. The second-order valence-electron chi connectivity index (χ2n) is 6.04. The van der Waals surface area contributed by atoms with Gasteiger partial charge in [-0.15, -0.1) is 0 Å². The Morgan fingerprint density at radius 2 is 2.07 bits per heavy atom. The highest BCUT2D eigenvalue weighted by Crippen LogP contribution is 2.33. The quantitative estimate of drug-likeness (QED) is 0.813. The number of nitrogens with one attached hydrogen (secondary N) is 2. The first kappa shape index (κ1) is 19.5. The molecule has 3 rings (SSSR count). The number of benzene rings is 1. The minimum atomic E-state index is -4.49. The van der Waals surface area contributed by atoms with Crippen molar-refractivity contribution >= 4 is 17.5 Å². The first-order valence-corrected chi connectivity index (χ1v) is 8.23. The van der Waals surface area contributed by atoms with E-state index in [0.29, 0.717) is 17.6 Å². The Balaban J connectivity index is 1.75. The van der Waals surface area contributed by atoms with Crippen molar-refractivity contribution in [1.29, 1.82) is 0 Å². The molecule has 0 spiro atoms. The van der Waals surface area contributed by atoms with E-state index < -0.39 is 17.7 Å². The normalized spacial score (nSPS) is 16.4. The molecular weight excluding hydrogens is 379 g/mol. The SMILES string of the molecule is COc1ccc(Oc2ccc(C(F)(F)F)cn2)cc1NC(=O)C1CNC(=O)C1. The van der Waals surface area contributed by atoms with Gasteiger partial charge in [-0.05, 0) is 18.2 Å². The first-order valence-electron chi connectivity index (χ1n) is 8.23. The molecule has 0 radical (unpaired) electrons. The number of amides is 2. The standard InChI is InChI=1S/C18H16F3N3O4/c1-27-14-4-3-12(28-16-5-2-11(9-23-16)18(19,20)21)7-13(14)24-17(26)10-6-15(25)22-8-10/h2-5,7,9-10H,6,8H2,1H3,(H,22,25)(H,24,26). The number of alkyl halides is 3. The number of carbonyl (C=O) groups is 2. The fraction of sp³-hybridized carbons (Fsp3) is 0.278. The van der Waals surface area contributed by atoms with Gasteiger partial charge in [0, 0.05) is 31.3 Å². The van der Waals surface area contributed by atoms with Gasteiger partial charge in [-0.25, -0.2) is 4.98 Å². The van der Waals surface area contributed by atoms with E-state index in [1.54, 1.807) is 0 Å². The van der Waals surface area contributed by atoms with Gasteiger partial charge in [0.15, 0.2) is 0 Å².